The topological polar surface area (TPSA) is 105 Å². The van der Waals surface area contributed by atoms with Crippen molar-refractivity contribution < 1.29 is 19.1 Å². The molecule has 0 saturated heterocycles. The number of amides is 2. The molecule has 27 heavy (non-hydrogen) atoms. The molecule has 0 aliphatic carbocycles. The number of hydrogen-bond donors (Lipinski definition) is 3. The third-order valence-electron chi connectivity index (χ3n) is 3.94. The number of hydrogen-bond acceptors (Lipinski definition) is 6. The Morgan fingerprint density at radius 1 is 1.22 bits per heavy atom. The minimum absolute atomic E-state index is 0.126. The van der Waals surface area contributed by atoms with E-state index in [1.54, 1.807) is 44.0 Å². The number of carbonyl (C=O) groups excluding carboxylic acids is 2. The highest BCUT2D eigenvalue weighted by Gasteiger charge is 2.15. The normalized spacial score (nSPS) is 10.6. The number of nitrogens with zero attached hydrogens (tertiary/aromatic N) is 1. The van der Waals surface area contributed by atoms with Crippen LogP contribution in [0.3, 0.4) is 0 Å². The molecule has 0 aliphatic heterocycles. The van der Waals surface area contributed by atoms with Crippen LogP contribution in [0.5, 0.6) is 11.5 Å². The molecule has 0 aliphatic rings. The van der Waals surface area contributed by atoms with Gasteiger partial charge in [-0.25, -0.2) is 4.98 Å². The van der Waals surface area contributed by atoms with Crippen LogP contribution >= 0.6 is 11.3 Å². The first-order chi connectivity index (χ1) is 13.1. The second kappa shape index (κ2) is 8.54. The number of benzene rings is 1. The molecule has 0 radical (unpaired) electrons. The zero-order valence-electron chi connectivity index (χ0n) is 15.0. The summed E-state index contributed by atoms with van der Waals surface area (Å²) < 4.78 is 10.7. The first-order valence-electron chi connectivity index (χ1n) is 8.33. The maximum absolute atomic E-state index is 12.4. The van der Waals surface area contributed by atoms with Crippen molar-refractivity contribution in [3.8, 4) is 11.5 Å². The number of aromatic amines is 1. The molecule has 3 aromatic rings. The van der Waals surface area contributed by atoms with E-state index in [1.807, 2.05) is 0 Å². The molecule has 2 aromatic heterocycles. The second-order valence-electron chi connectivity index (χ2n) is 5.69. The van der Waals surface area contributed by atoms with E-state index in [1.165, 1.54) is 11.3 Å². The number of thiazole rings is 1. The van der Waals surface area contributed by atoms with Gasteiger partial charge in [-0.2, -0.15) is 0 Å². The fraction of sp³-hybridized carbons (Fsp3) is 0.278. The molecular formula is C18H20N4O4S. The van der Waals surface area contributed by atoms with Crippen LogP contribution in [0.1, 0.15) is 23.3 Å². The van der Waals surface area contributed by atoms with Gasteiger partial charge in [0.15, 0.2) is 5.13 Å². The molecule has 0 spiro atoms. The average Bonchev–Trinajstić information content (AvgIpc) is 3.34. The molecule has 1 aromatic carbocycles. The highest BCUT2D eigenvalue weighted by atomic mass is 32.1. The van der Waals surface area contributed by atoms with Crippen molar-refractivity contribution in [3.63, 3.8) is 0 Å². The Morgan fingerprint density at radius 2 is 2.00 bits per heavy atom. The van der Waals surface area contributed by atoms with E-state index in [9.17, 15) is 9.59 Å². The Balaban J connectivity index is 1.55. The van der Waals surface area contributed by atoms with E-state index in [0.717, 1.165) is 5.39 Å². The standard InChI is InChI=1S/C18H20N4O4S/c1-25-13-5-6-14(26-2)16-11(13)10-12(21-16)17(24)19-7-3-4-15(23)22-18-20-8-9-27-18/h5-6,8-10,21H,3-4,7H2,1-2H3,(H,19,24)(H,20,22,23). The minimum Gasteiger partial charge on any atom is -0.496 e. The molecule has 3 rings (SSSR count). The van der Waals surface area contributed by atoms with Crippen LogP contribution in [0.25, 0.3) is 10.9 Å². The number of H-pyrrole nitrogens is 1. The molecule has 0 bridgehead atoms. The maximum atomic E-state index is 12.4. The largest absolute Gasteiger partial charge is 0.496 e. The summed E-state index contributed by atoms with van der Waals surface area (Å²) in [6.07, 6.45) is 2.45. The zero-order chi connectivity index (χ0) is 19.2. The quantitative estimate of drug-likeness (QED) is 0.515. The van der Waals surface area contributed by atoms with Gasteiger partial charge in [-0.3, -0.25) is 9.59 Å². The molecule has 2 amide bonds. The monoisotopic (exact) mass is 388 g/mol. The fourth-order valence-electron chi connectivity index (χ4n) is 2.65. The van der Waals surface area contributed by atoms with Gasteiger partial charge in [0.1, 0.15) is 17.2 Å². The zero-order valence-corrected chi connectivity index (χ0v) is 15.8. The van der Waals surface area contributed by atoms with Crippen molar-refractivity contribution in [2.45, 2.75) is 12.8 Å². The number of carbonyl (C=O) groups is 2. The highest BCUT2D eigenvalue weighted by Crippen LogP contribution is 2.33. The van der Waals surface area contributed by atoms with Crippen LogP contribution in [0.2, 0.25) is 0 Å². The summed E-state index contributed by atoms with van der Waals surface area (Å²) in [5.41, 5.74) is 1.10. The summed E-state index contributed by atoms with van der Waals surface area (Å²) in [5.74, 6) is 0.901. The van der Waals surface area contributed by atoms with Crippen molar-refractivity contribution in [1.29, 1.82) is 0 Å². The number of aromatic nitrogens is 2. The smallest absolute Gasteiger partial charge is 0.267 e. The molecule has 8 nitrogen and oxygen atoms in total. The third-order valence-corrected chi connectivity index (χ3v) is 4.63. The van der Waals surface area contributed by atoms with E-state index in [2.05, 4.69) is 20.6 Å². The van der Waals surface area contributed by atoms with Gasteiger partial charge < -0.3 is 25.1 Å². The first kappa shape index (κ1) is 18.7. The number of ether oxygens (including phenoxy) is 2. The lowest BCUT2D eigenvalue weighted by atomic mass is 10.2. The fourth-order valence-corrected chi connectivity index (χ4v) is 3.20. The van der Waals surface area contributed by atoms with Crippen LogP contribution in [0.15, 0.2) is 29.8 Å². The second-order valence-corrected chi connectivity index (χ2v) is 6.58. The van der Waals surface area contributed by atoms with Gasteiger partial charge in [-0.15, -0.1) is 11.3 Å². The Kier molecular flexibility index (Phi) is 5.92. The Hall–Kier alpha value is -3.07. The SMILES string of the molecule is COc1ccc(OC)c2[nH]c(C(=O)NCCCC(=O)Nc3nccs3)cc12. The Bertz CT molecular complexity index is 895. The predicted octanol–water partition coefficient (Wildman–Crippen LogP) is 2.79. The van der Waals surface area contributed by atoms with Crippen LogP contribution in [-0.2, 0) is 4.79 Å². The van der Waals surface area contributed by atoms with Gasteiger partial charge in [-0.1, -0.05) is 0 Å². The lowest BCUT2D eigenvalue weighted by Crippen LogP contribution is -2.25. The Labute approximate surface area is 159 Å². The van der Waals surface area contributed by atoms with E-state index >= 15 is 0 Å². The van der Waals surface area contributed by atoms with Crippen molar-refractivity contribution in [1.82, 2.24) is 15.3 Å². The number of fused-ring (bicyclic) bond motifs is 1. The van der Waals surface area contributed by atoms with Crippen LogP contribution in [0.4, 0.5) is 5.13 Å². The highest BCUT2D eigenvalue weighted by molar-refractivity contribution is 7.13. The summed E-state index contributed by atoms with van der Waals surface area (Å²) in [4.78, 5) is 31.2. The number of nitrogens with one attached hydrogen (secondary N) is 3. The van der Waals surface area contributed by atoms with Crippen molar-refractivity contribution in [2.75, 3.05) is 26.1 Å². The molecule has 2 heterocycles. The van der Waals surface area contributed by atoms with Crippen LogP contribution < -0.4 is 20.1 Å². The Morgan fingerprint density at radius 3 is 2.70 bits per heavy atom. The van der Waals surface area contributed by atoms with Crippen LogP contribution in [0, 0.1) is 0 Å². The molecule has 142 valence electrons. The molecule has 0 fully saturated rings. The molecule has 3 N–H and O–H groups in total. The van der Waals surface area contributed by atoms with E-state index in [4.69, 9.17) is 9.47 Å². The number of anilines is 1. The summed E-state index contributed by atoms with van der Waals surface area (Å²) in [7, 11) is 3.14. The van der Waals surface area contributed by atoms with Gasteiger partial charge in [-0.05, 0) is 24.6 Å². The maximum Gasteiger partial charge on any atom is 0.267 e. The number of methoxy groups -OCH3 is 2. The van der Waals surface area contributed by atoms with Gasteiger partial charge >= 0.3 is 0 Å². The van der Waals surface area contributed by atoms with Crippen molar-refractivity contribution >= 4 is 39.2 Å². The van der Waals surface area contributed by atoms with Crippen molar-refractivity contribution in [2.24, 2.45) is 0 Å². The molecule has 0 unspecified atom stereocenters. The van der Waals surface area contributed by atoms with Gasteiger partial charge in [0.25, 0.3) is 5.91 Å². The average molecular weight is 388 g/mol. The predicted molar refractivity (Wildman–Crippen MR) is 104 cm³/mol. The van der Waals surface area contributed by atoms with E-state index in [0.29, 0.717) is 47.2 Å². The number of rotatable bonds is 8. The summed E-state index contributed by atoms with van der Waals surface area (Å²) >= 11 is 1.36. The molecule has 9 heteroatoms. The van der Waals surface area contributed by atoms with E-state index < -0.39 is 0 Å². The van der Waals surface area contributed by atoms with E-state index in [-0.39, 0.29) is 11.8 Å². The lowest BCUT2D eigenvalue weighted by molar-refractivity contribution is -0.116. The van der Waals surface area contributed by atoms with Gasteiger partial charge in [0, 0.05) is 29.9 Å². The lowest BCUT2D eigenvalue weighted by Gasteiger charge is -2.05. The molecule has 0 saturated carbocycles. The third kappa shape index (κ3) is 4.37. The van der Waals surface area contributed by atoms with Crippen molar-refractivity contribution in [3.05, 3.63) is 35.5 Å². The summed E-state index contributed by atoms with van der Waals surface area (Å²) in [5, 5.41) is 8.65. The molecule has 0 atom stereocenters. The summed E-state index contributed by atoms with van der Waals surface area (Å²) in [6, 6.07) is 5.29. The summed E-state index contributed by atoms with van der Waals surface area (Å²) in [6.45, 7) is 0.383. The molecular weight excluding hydrogens is 368 g/mol. The van der Waals surface area contributed by atoms with Gasteiger partial charge in [0.05, 0.1) is 19.7 Å². The van der Waals surface area contributed by atoms with Gasteiger partial charge in [0.2, 0.25) is 5.91 Å². The minimum atomic E-state index is -0.254. The first-order valence-corrected chi connectivity index (χ1v) is 9.21. The van der Waals surface area contributed by atoms with Crippen LogP contribution in [-0.4, -0.2) is 42.5 Å².